The standard InChI is InChI=1S/C23H22ClFN4O3/c24-19-7-6-16(25)12-21(19)32-18-8-10-28(11-9-18)22(30)13-26-23(31)20-14-29(15-27-20)17-4-2-1-3-5-17/h1-7,12,14-15,18H,8-11,13H2,(H,26,31). The van der Waals surface area contributed by atoms with E-state index in [9.17, 15) is 14.0 Å². The summed E-state index contributed by atoms with van der Waals surface area (Å²) in [5.41, 5.74) is 1.13. The molecule has 3 aromatic rings. The second-order valence-electron chi connectivity index (χ2n) is 7.46. The number of hydrogen-bond donors (Lipinski definition) is 1. The highest BCUT2D eigenvalue weighted by atomic mass is 35.5. The monoisotopic (exact) mass is 456 g/mol. The van der Waals surface area contributed by atoms with Gasteiger partial charge in [-0.3, -0.25) is 9.59 Å². The molecule has 0 atom stereocenters. The third kappa shape index (κ3) is 5.26. The smallest absolute Gasteiger partial charge is 0.271 e. The van der Waals surface area contributed by atoms with E-state index < -0.39 is 11.7 Å². The number of nitrogens with zero attached hydrogens (tertiary/aromatic N) is 3. The van der Waals surface area contributed by atoms with Crippen LogP contribution in [0.2, 0.25) is 5.02 Å². The van der Waals surface area contributed by atoms with E-state index >= 15 is 0 Å². The van der Waals surface area contributed by atoms with Crippen LogP contribution in [0.1, 0.15) is 23.3 Å². The minimum absolute atomic E-state index is 0.113. The Hall–Kier alpha value is -3.39. The fourth-order valence-corrected chi connectivity index (χ4v) is 3.67. The van der Waals surface area contributed by atoms with Crippen molar-refractivity contribution >= 4 is 23.4 Å². The Morgan fingerprint density at radius 3 is 2.66 bits per heavy atom. The summed E-state index contributed by atoms with van der Waals surface area (Å²) >= 11 is 6.05. The highest BCUT2D eigenvalue weighted by Gasteiger charge is 2.25. The molecule has 9 heteroatoms. The van der Waals surface area contributed by atoms with Crippen LogP contribution in [-0.4, -0.2) is 52.0 Å². The molecule has 166 valence electrons. The van der Waals surface area contributed by atoms with E-state index in [2.05, 4.69) is 10.3 Å². The van der Waals surface area contributed by atoms with Gasteiger partial charge in [-0.15, -0.1) is 0 Å². The molecule has 2 amide bonds. The molecule has 1 N–H and O–H groups in total. The molecule has 0 saturated carbocycles. The van der Waals surface area contributed by atoms with Gasteiger partial charge in [0.15, 0.2) is 0 Å². The first-order chi connectivity index (χ1) is 15.5. The fourth-order valence-electron chi connectivity index (χ4n) is 3.51. The molecule has 7 nitrogen and oxygen atoms in total. The predicted molar refractivity (Wildman–Crippen MR) is 118 cm³/mol. The Balaban J connectivity index is 1.24. The lowest BCUT2D eigenvalue weighted by Gasteiger charge is -2.32. The van der Waals surface area contributed by atoms with Crippen molar-refractivity contribution in [2.75, 3.05) is 19.6 Å². The summed E-state index contributed by atoms with van der Waals surface area (Å²) in [6, 6.07) is 13.5. The van der Waals surface area contributed by atoms with E-state index in [1.165, 1.54) is 18.2 Å². The number of hydrogen-bond acceptors (Lipinski definition) is 4. The lowest BCUT2D eigenvalue weighted by molar-refractivity contribution is -0.131. The quantitative estimate of drug-likeness (QED) is 0.616. The average molecular weight is 457 g/mol. The van der Waals surface area contributed by atoms with Crippen LogP contribution < -0.4 is 10.1 Å². The van der Waals surface area contributed by atoms with Gasteiger partial charge in [0, 0.05) is 43.9 Å². The molecule has 1 aromatic heterocycles. The van der Waals surface area contributed by atoms with Gasteiger partial charge in [-0.05, 0) is 24.3 Å². The van der Waals surface area contributed by atoms with Crippen LogP contribution >= 0.6 is 11.6 Å². The normalized spacial score (nSPS) is 14.2. The number of para-hydroxylation sites is 1. The van der Waals surface area contributed by atoms with Crippen LogP contribution in [0.15, 0.2) is 61.1 Å². The van der Waals surface area contributed by atoms with Gasteiger partial charge in [0.25, 0.3) is 5.91 Å². The molecular weight excluding hydrogens is 435 g/mol. The molecule has 0 unspecified atom stereocenters. The number of ether oxygens (including phenoxy) is 1. The predicted octanol–water partition coefficient (Wildman–Crippen LogP) is 3.46. The minimum Gasteiger partial charge on any atom is -0.489 e. The van der Waals surface area contributed by atoms with Gasteiger partial charge in [-0.25, -0.2) is 9.37 Å². The number of aromatic nitrogens is 2. The lowest BCUT2D eigenvalue weighted by Crippen LogP contribution is -2.46. The Morgan fingerprint density at radius 1 is 1.16 bits per heavy atom. The molecule has 0 aliphatic carbocycles. The topological polar surface area (TPSA) is 76.5 Å². The highest BCUT2D eigenvalue weighted by Crippen LogP contribution is 2.28. The summed E-state index contributed by atoms with van der Waals surface area (Å²) in [4.78, 5) is 30.7. The largest absolute Gasteiger partial charge is 0.489 e. The molecule has 1 saturated heterocycles. The molecule has 0 spiro atoms. The van der Waals surface area contributed by atoms with Crippen molar-refractivity contribution in [2.45, 2.75) is 18.9 Å². The van der Waals surface area contributed by atoms with Crippen molar-refractivity contribution in [1.29, 1.82) is 0 Å². The maximum absolute atomic E-state index is 13.4. The zero-order chi connectivity index (χ0) is 22.5. The molecule has 0 radical (unpaired) electrons. The Bertz CT molecular complexity index is 1100. The van der Waals surface area contributed by atoms with Gasteiger partial charge >= 0.3 is 0 Å². The van der Waals surface area contributed by atoms with E-state index in [4.69, 9.17) is 16.3 Å². The molecule has 32 heavy (non-hydrogen) atoms. The number of carbonyl (C=O) groups is 2. The number of benzene rings is 2. The summed E-state index contributed by atoms with van der Waals surface area (Å²) < 4.78 is 20.9. The van der Waals surface area contributed by atoms with Gasteiger partial charge in [0.1, 0.15) is 29.7 Å². The third-order valence-corrected chi connectivity index (χ3v) is 5.56. The van der Waals surface area contributed by atoms with Crippen LogP contribution in [0.3, 0.4) is 0 Å². The molecular formula is C23H22ClFN4O3. The number of nitrogens with one attached hydrogen (secondary N) is 1. The first-order valence-corrected chi connectivity index (χ1v) is 10.6. The molecule has 0 bridgehead atoms. The van der Waals surface area contributed by atoms with Gasteiger partial charge in [-0.2, -0.15) is 0 Å². The molecule has 2 aromatic carbocycles. The van der Waals surface area contributed by atoms with E-state index in [1.807, 2.05) is 30.3 Å². The summed E-state index contributed by atoms with van der Waals surface area (Å²) in [7, 11) is 0. The van der Waals surface area contributed by atoms with Crippen LogP contribution in [-0.2, 0) is 4.79 Å². The summed E-state index contributed by atoms with van der Waals surface area (Å²) in [5.74, 6) is -0.699. The maximum atomic E-state index is 13.4. The number of halogens is 2. The van der Waals surface area contributed by atoms with Crippen molar-refractivity contribution in [1.82, 2.24) is 19.8 Å². The van der Waals surface area contributed by atoms with Crippen LogP contribution in [0.25, 0.3) is 5.69 Å². The Labute approximate surface area is 189 Å². The number of likely N-dealkylation sites (tertiary alicyclic amines) is 1. The second-order valence-corrected chi connectivity index (χ2v) is 7.86. The lowest BCUT2D eigenvalue weighted by atomic mass is 10.1. The van der Waals surface area contributed by atoms with E-state index in [1.54, 1.807) is 22.0 Å². The van der Waals surface area contributed by atoms with Crippen molar-refractivity contribution < 1.29 is 18.7 Å². The van der Waals surface area contributed by atoms with E-state index in [0.717, 1.165) is 5.69 Å². The van der Waals surface area contributed by atoms with Crippen molar-refractivity contribution in [3.8, 4) is 11.4 Å². The number of carbonyl (C=O) groups excluding carboxylic acids is 2. The summed E-state index contributed by atoms with van der Waals surface area (Å²) in [6.07, 6.45) is 4.20. The SMILES string of the molecule is O=C(NCC(=O)N1CCC(Oc2cc(F)ccc2Cl)CC1)c1cn(-c2ccccc2)cn1. The summed E-state index contributed by atoms with van der Waals surface area (Å²) in [6.45, 7) is 0.849. The molecule has 4 rings (SSSR count). The number of piperidine rings is 1. The van der Waals surface area contributed by atoms with Crippen LogP contribution in [0.4, 0.5) is 4.39 Å². The van der Waals surface area contributed by atoms with E-state index in [-0.39, 0.29) is 24.2 Å². The first kappa shape index (κ1) is 21.8. The third-order valence-electron chi connectivity index (χ3n) is 5.25. The fraction of sp³-hybridized carbons (Fsp3) is 0.261. The van der Waals surface area contributed by atoms with Crippen LogP contribution in [0, 0.1) is 5.82 Å². The van der Waals surface area contributed by atoms with Gasteiger partial charge in [0.05, 0.1) is 11.6 Å². The Morgan fingerprint density at radius 2 is 1.91 bits per heavy atom. The average Bonchev–Trinajstić information content (AvgIpc) is 3.31. The highest BCUT2D eigenvalue weighted by molar-refractivity contribution is 6.32. The molecule has 1 aliphatic rings. The number of rotatable bonds is 6. The Kier molecular flexibility index (Phi) is 6.70. The zero-order valence-electron chi connectivity index (χ0n) is 17.2. The maximum Gasteiger partial charge on any atom is 0.271 e. The first-order valence-electron chi connectivity index (χ1n) is 10.3. The van der Waals surface area contributed by atoms with Crippen LogP contribution in [0.5, 0.6) is 5.75 Å². The van der Waals surface area contributed by atoms with Crippen molar-refractivity contribution in [3.05, 3.63) is 77.6 Å². The van der Waals surface area contributed by atoms with Crippen molar-refractivity contribution in [3.63, 3.8) is 0 Å². The van der Waals surface area contributed by atoms with Gasteiger partial charge in [-0.1, -0.05) is 29.8 Å². The zero-order valence-corrected chi connectivity index (χ0v) is 18.0. The van der Waals surface area contributed by atoms with Gasteiger partial charge in [0.2, 0.25) is 5.91 Å². The molecule has 1 aliphatic heterocycles. The van der Waals surface area contributed by atoms with E-state index in [0.29, 0.717) is 36.7 Å². The number of amides is 2. The van der Waals surface area contributed by atoms with Crippen molar-refractivity contribution in [2.24, 2.45) is 0 Å². The molecule has 2 heterocycles. The molecule has 1 fully saturated rings. The van der Waals surface area contributed by atoms with Gasteiger partial charge < -0.3 is 19.5 Å². The second kappa shape index (κ2) is 9.82. The number of imidazole rings is 1. The summed E-state index contributed by atoms with van der Waals surface area (Å²) in [5, 5.41) is 2.98. The minimum atomic E-state index is -0.415.